The third kappa shape index (κ3) is 8.43. The summed E-state index contributed by atoms with van der Waals surface area (Å²) in [6.07, 6.45) is 10.3. The van der Waals surface area contributed by atoms with Crippen LogP contribution in [0.2, 0.25) is 0 Å². The molecule has 0 aliphatic carbocycles. The van der Waals surface area contributed by atoms with Gasteiger partial charge >= 0.3 is 0 Å². The molecule has 0 aliphatic heterocycles. The van der Waals surface area contributed by atoms with E-state index in [9.17, 15) is 0 Å². The Hall–Kier alpha value is -1.02. The fourth-order valence-corrected chi connectivity index (χ4v) is 2.56. The number of ether oxygens (including phenoxy) is 1. The summed E-state index contributed by atoms with van der Waals surface area (Å²) in [6.45, 7) is 8.67. The lowest BCUT2D eigenvalue weighted by Crippen LogP contribution is -2.19. The lowest BCUT2D eigenvalue weighted by atomic mass is 10.1. The molecule has 0 fully saturated rings. The summed E-state index contributed by atoms with van der Waals surface area (Å²) in [5.41, 5.74) is 1.34. The first-order valence-electron chi connectivity index (χ1n) is 9.24. The van der Waals surface area contributed by atoms with Crippen LogP contribution in [0.5, 0.6) is 5.75 Å². The van der Waals surface area contributed by atoms with Crippen molar-refractivity contribution in [1.29, 1.82) is 0 Å². The Morgan fingerprint density at radius 1 is 0.864 bits per heavy atom. The lowest BCUT2D eigenvalue weighted by Gasteiger charge is -2.15. The van der Waals surface area contributed by atoms with Crippen LogP contribution in [0.1, 0.15) is 83.7 Å². The predicted octanol–water partition coefficient (Wildman–Crippen LogP) is 5.88. The number of unbranched alkanes of at least 4 members (excludes halogenated alkanes) is 6. The summed E-state index contributed by atoms with van der Waals surface area (Å²) < 4.78 is 5.79. The van der Waals surface area contributed by atoms with Crippen molar-refractivity contribution in [2.45, 2.75) is 78.2 Å². The van der Waals surface area contributed by atoms with Crippen LogP contribution in [0.15, 0.2) is 24.3 Å². The Kier molecular flexibility index (Phi) is 10.8. The maximum absolute atomic E-state index is 5.79. The Morgan fingerprint density at radius 2 is 1.50 bits per heavy atom. The van der Waals surface area contributed by atoms with Crippen molar-refractivity contribution in [1.82, 2.24) is 5.32 Å². The topological polar surface area (TPSA) is 21.3 Å². The quantitative estimate of drug-likeness (QED) is 0.460. The van der Waals surface area contributed by atoms with E-state index in [-0.39, 0.29) is 0 Å². The molecular weight excluding hydrogens is 270 g/mol. The van der Waals surface area contributed by atoms with E-state index in [1.165, 1.54) is 50.5 Å². The van der Waals surface area contributed by atoms with Gasteiger partial charge in [0.15, 0.2) is 0 Å². The van der Waals surface area contributed by atoms with E-state index in [1.807, 2.05) is 0 Å². The van der Waals surface area contributed by atoms with E-state index < -0.39 is 0 Å². The van der Waals surface area contributed by atoms with Crippen LogP contribution >= 0.6 is 0 Å². The van der Waals surface area contributed by atoms with Crippen molar-refractivity contribution in [3.63, 3.8) is 0 Å². The third-order valence-electron chi connectivity index (χ3n) is 4.13. The molecular formula is C20H35NO. The van der Waals surface area contributed by atoms with Gasteiger partial charge < -0.3 is 10.1 Å². The molecule has 0 aliphatic rings. The molecule has 0 aromatic heterocycles. The summed E-state index contributed by atoms with van der Waals surface area (Å²) >= 11 is 0. The van der Waals surface area contributed by atoms with Gasteiger partial charge in [0, 0.05) is 6.04 Å². The van der Waals surface area contributed by atoms with Crippen LogP contribution in [0.4, 0.5) is 0 Å². The zero-order valence-corrected chi connectivity index (χ0v) is 14.9. The van der Waals surface area contributed by atoms with E-state index in [1.54, 1.807) is 0 Å². The van der Waals surface area contributed by atoms with Crippen LogP contribution in [-0.4, -0.2) is 13.2 Å². The second kappa shape index (κ2) is 12.5. The molecule has 0 bridgehead atoms. The van der Waals surface area contributed by atoms with Gasteiger partial charge in [-0.3, -0.25) is 0 Å². The number of benzene rings is 1. The van der Waals surface area contributed by atoms with Crippen molar-refractivity contribution >= 4 is 0 Å². The van der Waals surface area contributed by atoms with Gasteiger partial charge in [0.25, 0.3) is 0 Å². The fraction of sp³-hybridized carbons (Fsp3) is 0.700. The highest BCUT2D eigenvalue weighted by atomic mass is 16.5. The van der Waals surface area contributed by atoms with Crippen molar-refractivity contribution in [3.05, 3.63) is 29.8 Å². The highest BCUT2D eigenvalue weighted by Gasteiger charge is 2.04. The molecule has 0 saturated carbocycles. The molecule has 1 atom stereocenters. The molecule has 0 heterocycles. The molecule has 0 amide bonds. The molecule has 1 unspecified atom stereocenters. The summed E-state index contributed by atoms with van der Waals surface area (Å²) in [5.74, 6) is 0.996. The molecule has 1 rings (SSSR count). The lowest BCUT2D eigenvalue weighted by molar-refractivity contribution is 0.305. The molecule has 1 aromatic carbocycles. The summed E-state index contributed by atoms with van der Waals surface area (Å²) in [4.78, 5) is 0. The molecule has 0 spiro atoms. The van der Waals surface area contributed by atoms with Crippen LogP contribution < -0.4 is 10.1 Å². The van der Waals surface area contributed by atoms with Crippen molar-refractivity contribution in [2.75, 3.05) is 13.2 Å². The smallest absolute Gasteiger partial charge is 0.119 e. The van der Waals surface area contributed by atoms with Gasteiger partial charge in [-0.25, -0.2) is 0 Å². The van der Waals surface area contributed by atoms with Gasteiger partial charge in [0.2, 0.25) is 0 Å². The summed E-state index contributed by atoms with van der Waals surface area (Å²) in [7, 11) is 0. The molecule has 2 nitrogen and oxygen atoms in total. The van der Waals surface area contributed by atoms with E-state index in [4.69, 9.17) is 4.74 Å². The monoisotopic (exact) mass is 305 g/mol. The molecule has 126 valence electrons. The van der Waals surface area contributed by atoms with Gasteiger partial charge in [-0.2, -0.15) is 0 Å². The molecule has 1 aromatic rings. The van der Waals surface area contributed by atoms with E-state index in [0.29, 0.717) is 6.04 Å². The maximum atomic E-state index is 5.79. The molecule has 2 heteroatoms. The van der Waals surface area contributed by atoms with Gasteiger partial charge in [-0.15, -0.1) is 0 Å². The van der Waals surface area contributed by atoms with Crippen LogP contribution in [-0.2, 0) is 0 Å². The van der Waals surface area contributed by atoms with Crippen molar-refractivity contribution < 1.29 is 4.74 Å². The van der Waals surface area contributed by atoms with E-state index in [2.05, 4.69) is 50.4 Å². The zero-order chi connectivity index (χ0) is 16.0. The minimum atomic E-state index is 0.417. The maximum Gasteiger partial charge on any atom is 0.119 e. The average Bonchev–Trinajstić information content (AvgIpc) is 2.55. The molecule has 0 saturated heterocycles. The molecule has 1 N–H and O–H groups in total. The largest absolute Gasteiger partial charge is 0.494 e. The van der Waals surface area contributed by atoms with Crippen LogP contribution in [0.3, 0.4) is 0 Å². The Labute approximate surface area is 137 Å². The van der Waals surface area contributed by atoms with Crippen LogP contribution in [0, 0.1) is 0 Å². The third-order valence-corrected chi connectivity index (χ3v) is 4.13. The van der Waals surface area contributed by atoms with Crippen molar-refractivity contribution in [3.8, 4) is 5.75 Å². The SMILES string of the molecule is CCCCCCNC(C)c1ccc(OCCCCCC)cc1. The molecule has 0 radical (unpaired) electrons. The number of nitrogens with one attached hydrogen (secondary N) is 1. The predicted molar refractivity (Wildman–Crippen MR) is 96.6 cm³/mol. The number of hydrogen-bond donors (Lipinski definition) is 1. The van der Waals surface area contributed by atoms with Crippen LogP contribution in [0.25, 0.3) is 0 Å². The van der Waals surface area contributed by atoms with Gasteiger partial charge in [-0.1, -0.05) is 64.5 Å². The Balaban J connectivity index is 2.22. The van der Waals surface area contributed by atoms with Gasteiger partial charge in [0.05, 0.1) is 6.61 Å². The highest BCUT2D eigenvalue weighted by molar-refractivity contribution is 5.28. The van der Waals surface area contributed by atoms with E-state index in [0.717, 1.165) is 25.3 Å². The summed E-state index contributed by atoms with van der Waals surface area (Å²) in [5, 5.41) is 3.60. The second-order valence-electron chi connectivity index (χ2n) is 6.21. The second-order valence-corrected chi connectivity index (χ2v) is 6.21. The van der Waals surface area contributed by atoms with Crippen molar-refractivity contribution in [2.24, 2.45) is 0 Å². The fourth-order valence-electron chi connectivity index (χ4n) is 2.56. The minimum Gasteiger partial charge on any atom is -0.494 e. The first-order valence-corrected chi connectivity index (χ1v) is 9.24. The minimum absolute atomic E-state index is 0.417. The Bertz CT molecular complexity index is 360. The normalized spacial score (nSPS) is 12.3. The Morgan fingerprint density at radius 3 is 2.14 bits per heavy atom. The van der Waals surface area contributed by atoms with Gasteiger partial charge in [0.1, 0.15) is 5.75 Å². The average molecular weight is 306 g/mol. The standard InChI is InChI=1S/C20H35NO/c1-4-6-8-10-16-21-18(3)19-12-14-20(15-13-19)22-17-11-9-7-5-2/h12-15,18,21H,4-11,16-17H2,1-3H3. The first-order chi connectivity index (χ1) is 10.8. The summed E-state index contributed by atoms with van der Waals surface area (Å²) in [6, 6.07) is 8.99. The number of hydrogen-bond acceptors (Lipinski definition) is 2. The highest BCUT2D eigenvalue weighted by Crippen LogP contribution is 2.18. The van der Waals surface area contributed by atoms with E-state index >= 15 is 0 Å². The van der Waals surface area contributed by atoms with Gasteiger partial charge in [-0.05, 0) is 44.0 Å². The first kappa shape index (κ1) is 19.0. The number of rotatable bonds is 13. The molecule has 22 heavy (non-hydrogen) atoms. The zero-order valence-electron chi connectivity index (χ0n) is 14.9.